The molecular formula is C35H60N3O12P. The van der Waals surface area contributed by atoms with E-state index in [0.717, 1.165) is 0 Å². The lowest BCUT2D eigenvalue weighted by molar-refractivity contribution is -0.295. The number of rotatable bonds is 9. The first-order valence-corrected chi connectivity index (χ1v) is 18.8. The monoisotopic (exact) mass is 745 g/mol. The molecule has 0 aromatic rings. The molecule has 3 heterocycles. The average molecular weight is 746 g/mol. The highest BCUT2D eigenvalue weighted by Crippen LogP contribution is 2.48. The van der Waals surface area contributed by atoms with Crippen molar-refractivity contribution in [2.24, 2.45) is 46.4 Å². The van der Waals surface area contributed by atoms with Crippen molar-refractivity contribution in [3.8, 4) is 0 Å². The Morgan fingerprint density at radius 3 is 2.25 bits per heavy atom. The maximum atomic E-state index is 14.5. The van der Waals surface area contributed by atoms with Gasteiger partial charge >= 0.3 is 11.9 Å². The summed E-state index contributed by atoms with van der Waals surface area (Å²) in [4.78, 5) is 72.7. The lowest BCUT2D eigenvalue weighted by Gasteiger charge is -2.47. The zero-order chi connectivity index (χ0) is 38.7. The molecule has 0 amide bonds. The Balaban J connectivity index is 2.16. The van der Waals surface area contributed by atoms with Gasteiger partial charge in [0.1, 0.15) is 29.8 Å². The Labute approximate surface area is 303 Å². The minimum atomic E-state index is -1.55. The maximum Gasteiger partial charge on any atom is 0.317 e. The summed E-state index contributed by atoms with van der Waals surface area (Å²) in [5, 5.41) is 15.3. The molecule has 0 aromatic carbocycles. The highest BCUT2D eigenvalue weighted by molar-refractivity contribution is 7.31. The van der Waals surface area contributed by atoms with Crippen LogP contribution in [0.1, 0.15) is 81.6 Å². The smallest absolute Gasteiger partial charge is 0.317 e. The number of oxime groups is 1. The largest absolute Gasteiger partial charge is 0.458 e. The summed E-state index contributed by atoms with van der Waals surface area (Å²) in [5.41, 5.74) is 3.48. The quantitative estimate of drug-likeness (QED) is 0.0775. The van der Waals surface area contributed by atoms with E-state index in [0.29, 0.717) is 6.42 Å². The van der Waals surface area contributed by atoms with Gasteiger partial charge in [0.15, 0.2) is 29.4 Å². The molecule has 0 spiro atoms. The van der Waals surface area contributed by atoms with Gasteiger partial charge in [-0.1, -0.05) is 32.9 Å². The van der Waals surface area contributed by atoms with Crippen molar-refractivity contribution in [3.05, 3.63) is 0 Å². The van der Waals surface area contributed by atoms with Crippen LogP contribution < -0.4 is 5.73 Å². The van der Waals surface area contributed by atoms with Crippen LogP contribution in [-0.4, -0.2) is 119 Å². The van der Waals surface area contributed by atoms with E-state index in [1.807, 2.05) is 25.9 Å². The number of aliphatic hydroxyl groups excluding tert-OH is 1. The molecule has 15 nitrogen and oxygen atoms in total. The maximum absolute atomic E-state index is 14.5. The van der Waals surface area contributed by atoms with Crippen LogP contribution in [0.15, 0.2) is 5.16 Å². The highest BCUT2D eigenvalue weighted by Gasteiger charge is 2.62. The summed E-state index contributed by atoms with van der Waals surface area (Å²) in [7, 11) is 4.55. The Kier molecular flexibility index (Phi) is 14.6. The minimum absolute atomic E-state index is 0.0605. The van der Waals surface area contributed by atoms with Crippen LogP contribution in [0, 0.1) is 35.5 Å². The zero-order valence-electron chi connectivity index (χ0n) is 32.1. The van der Waals surface area contributed by atoms with Gasteiger partial charge in [0, 0.05) is 36.8 Å². The van der Waals surface area contributed by atoms with Gasteiger partial charge in [0.05, 0.1) is 26.6 Å². The van der Waals surface area contributed by atoms with Gasteiger partial charge in [-0.05, 0) is 68.0 Å². The van der Waals surface area contributed by atoms with Gasteiger partial charge in [-0.2, -0.15) is 0 Å². The molecule has 3 aliphatic heterocycles. The van der Waals surface area contributed by atoms with Crippen LogP contribution in [0.2, 0.25) is 0 Å². The van der Waals surface area contributed by atoms with Crippen molar-refractivity contribution >= 4 is 38.1 Å². The molecule has 3 saturated heterocycles. The van der Waals surface area contributed by atoms with Crippen LogP contribution in [0.3, 0.4) is 0 Å². The number of aliphatic hydroxyl groups is 1. The number of ketones is 2. The van der Waals surface area contributed by atoms with Crippen molar-refractivity contribution in [1.82, 2.24) is 4.90 Å². The summed E-state index contributed by atoms with van der Waals surface area (Å²) in [5.74, 6) is -9.46. The molecule has 3 fully saturated rings. The normalized spacial score (nSPS) is 42.8. The lowest BCUT2D eigenvalue weighted by atomic mass is 9.67. The Hall–Kier alpha value is -2.26. The fraction of sp³-hybridized carbons (Fsp3) is 0.857. The average Bonchev–Trinajstić information content (AvgIpc) is 3.36. The van der Waals surface area contributed by atoms with Gasteiger partial charge in [-0.3, -0.25) is 19.2 Å². The highest BCUT2D eigenvalue weighted by atomic mass is 31.1. The molecule has 0 aromatic heterocycles. The molecule has 3 aliphatic rings. The number of cyclic esters (lactones) is 1. The number of Topliss-reactive ketones (excluding diaryl/α,β-unsaturated/α-hetero) is 2. The number of carbonyl (C=O) groups is 4. The number of fused-ring (bicyclic) bond motifs is 1. The molecule has 3 unspecified atom stereocenters. The Bertz CT molecular complexity index is 1300. The number of likely N-dealkylation sites (N-methyl/N-ethyl adjacent to an activating group) is 1. The zero-order valence-corrected chi connectivity index (χ0v) is 33.1. The van der Waals surface area contributed by atoms with Crippen molar-refractivity contribution in [1.29, 1.82) is 0 Å². The first-order valence-electron chi connectivity index (χ1n) is 17.8. The van der Waals surface area contributed by atoms with E-state index in [1.165, 1.54) is 14.0 Å². The SMILES string of the molecule is CC[C@@H]1OC(=O)[C@H](C)C(=O)[C@H](C)[C@@H](OC2O[C@H](C)C[C@H](N(C)C)[C@H]2O)[C@](C)(OC)C[C@@H](C)C(=O)[C@H](C)[C@H]2[C@H](/C(N)=N/OC(C)PO)C(=O)O[C@]21C. The van der Waals surface area contributed by atoms with Crippen LogP contribution in [0.25, 0.3) is 0 Å². The topological polar surface area (TPSA) is 206 Å². The standard InChI is InChI=1S/C35H60N3O12P/c1-13-23-35(9)25(24(32(43)49-35)30(36)37-50-21(7)51-44)18(4)26(39)16(2)15-34(8,45-12)29(19(5)27(40)20(6)31(42)47-23)48-33-28(41)22(38(10)11)14-17(3)46-33/h16-25,28-29,33,41,44,51H,13-15H2,1-12H3,(H2,36,37)/t16-,17-,18-,19+,20-,21?,22+,23+,24-,25+,28-,29-,33?,34-,35+/m1/s1. The van der Waals surface area contributed by atoms with Crippen molar-refractivity contribution in [2.45, 2.75) is 135 Å². The van der Waals surface area contributed by atoms with Gasteiger partial charge in [-0.15, -0.1) is 0 Å². The lowest BCUT2D eigenvalue weighted by Crippen LogP contribution is -2.59. The van der Waals surface area contributed by atoms with Gasteiger partial charge in [0.25, 0.3) is 0 Å². The summed E-state index contributed by atoms with van der Waals surface area (Å²) in [6.07, 6.45) is -3.87. The summed E-state index contributed by atoms with van der Waals surface area (Å²) >= 11 is 0. The molecular weight excluding hydrogens is 685 g/mol. The number of nitrogens with zero attached hydrogens (tertiary/aromatic N) is 2. The summed E-state index contributed by atoms with van der Waals surface area (Å²) in [6, 6.07) is -0.300. The number of methoxy groups -OCH3 is 1. The third kappa shape index (κ3) is 8.93. The predicted octanol–water partition coefficient (Wildman–Crippen LogP) is 2.38. The van der Waals surface area contributed by atoms with E-state index in [2.05, 4.69) is 5.16 Å². The molecule has 4 N–H and O–H groups in total. The third-order valence-electron chi connectivity index (χ3n) is 11.2. The molecule has 16 atom stereocenters. The molecule has 292 valence electrons. The first kappa shape index (κ1) is 43.1. The van der Waals surface area contributed by atoms with Crippen molar-refractivity contribution in [2.75, 3.05) is 21.2 Å². The first-order chi connectivity index (χ1) is 23.7. The molecule has 0 aliphatic carbocycles. The fourth-order valence-corrected chi connectivity index (χ4v) is 8.26. The van der Waals surface area contributed by atoms with Gasteiger partial charge in [-0.25, -0.2) is 0 Å². The van der Waals surface area contributed by atoms with E-state index in [9.17, 15) is 29.2 Å². The fourth-order valence-electron chi connectivity index (χ4n) is 8.16. The second-order valence-corrected chi connectivity index (χ2v) is 16.3. The number of ether oxygens (including phenoxy) is 5. The molecule has 16 heteroatoms. The van der Waals surface area contributed by atoms with Crippen molar-refractivity contribution in [3.63, 3.8) is 0 Å². The summed E-state index contributed by atoms with van der Waals surface area (Å²) in [6.45, 7) is 15.0. The van der Waals surface area contributed by atoms with Crippen LogP contribution in [0.5, 0.6) is 0 Å². The van der Waals surface area contributed by atoms with Gasteiger partial charge in [0.2, 0.25) is 0 Å². The van der Waals surface area contributed by atoms with Crippen LogP contribution in [0.4, 0.5) is 0 Å². The number of carbonyl (C=O) groups excluding carboxylic acids is 4. The summed E-state index contributed by atoms with van der Waals surface area (Å²) < 4.78 is 30.7. The Morgan fingerprint density at radius 2 is 1.71 bits per heavy atom. The minimum Gasteiger partial charge on any atom is -0.458 e. The number of nitrogens with two attached hydrogens (primary N) is 1. The molecule has 0 saturated carbocycles. The second kappa shape index (κ2) is 17.3. The van der Waals surface area contributed by atoms with E-state index in [1.54, 1.807) is 48.5 Å². The second-order valence-electron chi connectivity index (χ2n) is 15.2. The molecule has 0 bridgehead atoms. The van der Waals surface area contributed by atoms with Crippen LogP contribution in [-0.2, 0) is 47.7 Å². The van der Waals surface area contributed by atoms with E-state index >= 15 is 0 Å². The molecule has 3 rings (SSSR count). The van der Waals surface area contributed by atoms with E-state index < -0.39 is 104 Å². The van der Waals surface area contributed by atoms with Gasteiger partial charge < -0.3 is 49.2 Å². The molecule has 51 heavy (non-hydrogen) atoms. The third-order valence-corrected chi connectivity index (χ3v) is 11.6. The number of hydrogen-bond donors (Lipinski definition) is 3. The van der Waals surface area contributed by atoms with E-state index in [-0.39, 0.29) is 36.6 Å². The van der Waals surface area contributed by atoms with Crippen molar-refractivity contribution < 1.29 is 57.7 Å². The number of hydrogen-bond acceptors (Lipinski definition) is 14. The number of amidine groups is 1. The Morgan fingerprint density at radius 1 is 1.08 bits per heavy atom. The predicted molar refractivity (Wildman–Crippen MR) is 188 cm³/mol. The molecule has 0 radical (unpaired) electrons. The number of esters is 2. The van der Waals surface area contributed by atoms with E-state index in [4.69, 9.17) is 34.3 Å². The van der Waals surface area contributed by atoms with Crippen LogP contribution >= 0.6 is 8.81 Å².